The smallest absolute Gasteiger partial charge is 0.412 e. The van der Waals surface area contributed by atoms with Crippen LogP contribution in [-0.2, 0) is 23.9 Å². The van der Waals surface area contributed by atoms with Crippen LogP contribution in [0.5, 0.6) is 11.5 Å². The number of rotatable bonds is 12. The van der Waals surface area contributed by atoms with Gasteiger partial charge in [0, 0.05) is 41.5 Å². The van der Waals surface area contributed by atoms with Gasteiger partial charge in [0.25, 0.3) is 0 Å². The van der Waals surface area contributed by atoms with Gasteiger partial charge in [0.2, 0.25) is 11.8 Å². The number of allylic oxidation sites excluding steroid dienone is 1. The maximum atomic E-state index is 14.4. The van der Waals surface area contributed by atoms with Crippen molar-refractivity contribution in [3.05, 3.63) is 55.0 Å². The number of amides is 3. The number of nitrogens with one attached hydrogen (secondary N) is 2. The molecule has 1 aromatic heterocycles. The van der Waals surface area contributed by atoms with Crippen molar-refractivity contribution in [1.82, 2.24) is 20.5 Å². The van der Waals surface area contributed by atoms with Crippen molar-refractivity contribution in [2.45, 2.75) is 89.9 Å². The van der Waals surface area contributed by atoms with E-state index in [0.29, 0.717) is 23.8 Å². The molecule has 5 atom stereocenters. The van der Waals surface area contributed by atoms with Gasteiger partial charge in [-0.1, -0.05) is 33.4 Å². The molecule has 258 valence electrons. The van der Waals surface area contributed by atoms with Crippen LogP contribution in [-0.4, -0.2) is 77.7 Å². The molecule has 2 heterocycles. The topological polar surface area (TPSA) is 145 Å². The number of methoxy groups -OCH3 is 1. The Balaban J connectivity index is 1.47. The molecule has 12 heteroatoms. The van der Waals surface area contributed by atoms with Gasteiger partial charge in [-0.05, 0) is 50.7 Å². The van der Waals surface area contributed by atoms with Crippen molar-refractivity contribution in [3.8, 4) is 11.5 Å². The summed E-state index contributed by atoms with van der Waals surface area (Å²) in [4.78, 5) is 60.4. The monoisotopic (exact) mass is 662 g/mol. The third-order valence-electron chi connectivity index (χ3n) is 9.06. The second-order valence-electron chi connectivity index (χ2n) is 13.9. The first-order valence-electron chi connectivity index (χ1n) is 16.4. The van der Waals surface area contributed by atoms with Crippen LogP contribution >= 0.6 is 0 Å². The van der Waals surface area contributed by atoms with Gasteiger partial charge in [-0.3, -0.25) is 14.6 Å². The number of alkyl carbamates (subject to hydrolysis) is 1. The fourth-order valence-electron chi connectivity index (χ4n) is 6.25. The van der Waals surface area contributed by atoms with Gasteiger partial charge in [-0.2, -0.15) is 0 Å². The summed E-state index contributed by atoms with van der Waals surface area (Å²) in [6.07, 6.45) is 2.76. The molecule has 1 saturated heterocycles. The van der Waals surface area contributed by atoms with Gasteiger partial charge >= 0.3 is 12.1 Å². The van der Waals surface area contributed by atoms with Crippen molar-refractivity contribution >= 4 is 34.8 Å². The molecular formula is C36H46N4O8. The van der Waals surface area contributed by atoms with E-state index in [1.807, 2.05) is 24.3 Å². The minimum atomic E-state index is -1.25. The van der Waals surface area contributed by atoms with Crippen molar-refractivity contribution in [2.24, 2.45) is 11.3 Å². The molecule has 1 aromatic carbocycles. The maximum Gasteiger partial charge on any atom is 0.412 e. The highest BCUT2D eigenvalue weighted by Crippen LogP contribution is 2.46. The first-order chi connectivity index (χ1) is 22.7. The lowest BCUT2D eigenvalue weighted by Crippen LogP contribution is -2.59. The van der Waals surface area contributed by atoms with Crippen molar-refractivity contribution in [1.29, 1.82) is 0 Å². The molecule has 12 nitrogen and oxygen atoms in total. The molecule has 3 amide bonds. The summed E-state index contributed by atoms with van der Waals surface area (Å²) in [6.45, 7) is 16.3. The number of hydrogen-bond donors (Lipinski definition) is 2. The van der Waals surface area contributed by atoms with E-state index in [1.54, 1.807) is 40.9 Å². The summed E-state index contributed by atoms with van der Waals surface area (Å²) in [6, 6.07) is 5.44. The number of aromatic nitrogens is 1. The Kier molecular flexibility index (Phi) is 9.75. The molecule has 1 aliphatic heterocycles. The van der Waals surface area contributed by atoms with Crippen LogP contribution in [0.15, 0.2) is 49.3 Å². The van der Waals surface area contributed by atoms with E-state index in [9.17, 15) is 19.2 Å². The number of hydrogen-bond acceptors (Lipinski definition) is 9. The highest BCUT2D eigenvalue weighted by molar-refractivity contribution is 5.97. The van der Waals surface area contributed by atoms with Gasteiger partial charge in [0.05, 0.1) is 31.5 Å². The summed E-state index contributed by atoms with van der Waals surface area (Å²) >= 11 is 0. The molecule has 2 saturated carbocycles. The third-order valence-corrected chi connectivity index (χ3v) is 9.06. The number of fused-ring (bicyclic) bond motifs is 1. The van der Waals surface area contributed by atoms with E-state index in [4.69, 9.17) is 23.9 Å². The van der Waals surface area contributed by atoms with E-state index < -0.39 is 53.0 Å². The average Bonchev–Trinajstić information content (AvgIpc) is 3.95. The van der Waals surface area contributed by atoms with E-state index in [2.05, 4.69) is 23.8 Å². The third kappa shape index (κ3) is 7.27. The first-order valence-corrected chi connectivity index (χ1v) is 16.4. The van der Waals surface area contributed by atoms with Crippen LogP contribution in [0.2, 0.25) is 0 Å². The minimum absolute atomic E-state index is 0.0523. The Labute approximate surface area is 281 Å². The number of carbonyl (C=O) groups excluding carboxylic acids is 4. The SMILES string of the molecule is C=C[C@@H]1C[C@]1(NC(=O)[C@@H]1C[C@@H](Oc2cc(C3CC3)nc3cc(OC)ccc23)CN1C(=O)[C@@H](NC(=O)OC(=C)C)C(C)(C)C)C(=O)OCC. The molecule has 48 heavy (non-hydrogen) atoms. The molecule has 0 bridgehead atoms. The molecule has 5 rings (SSSR count). The molecule has 0 radical (unpaired) electrons. The first kappa shape index (κ1) is 34.7. The number of benzene rings is 1. The molecule has 2 aromatic rings. The van der Waals surface area contributed by atoms with Crippen LogP contribution in [0, 0.1) is 11.3 Å². The molecule has 2 N–H and O–H groups in total. The van der Waals surface area contributed by atoms with Gasteiger partial charge in [-0.25, -0.2) is 9.59 Å². The number of esters is 1. The summed E-state index contributed by atoms with van der Waals surface area (Å²) in [5, 5.41) is 6.34. The normalized spacial score (nSPS) is 23.9. The van der Waals surface area contributed by atoms with E-state index in [0.717, 1.165) is 29.4 Å². The lowest BCUT2D eigenvalue weighted by Gasteiger charge is -2.35. The molecule has 2 aliphatic carbocycles. The van der Waals surface area contributed by atoms with E-state index >= 15 is 0 Å². The van der Waals surface area contributed by atoms with Crippen molar-refractivity contribution in [2.75, 3.05) is 20.3 Å². The minimum Gasteiger partial charge on any atom is -0.497 e. The zero-order valence-corrected chi connectivity index (χ0v) is 28.6. The highest BCUT2D eigenvalue weighted by Gasteiger charge is 2.62. The van der Waals surface area contributed by atoms with Crippen molar-refractivity contribution in [3.63, 3.8) is 0 Å². The molecule has 3 fully saturated rings. The molecule has 0 unspecified atom stereocenters. The van der Waals surface area contributed by atoms with Crippen LogP contribution in [0.4, 0.5) is 4.79 Å². The molecule has 3 aliphatic rings. The molecular weight excluding hydrogens is 616 g/mol. The fraction of sp³-hybridized carbons (Fsp3) is 0.528. The van der Waals surface area contributed by atoms with Gasteiger partial charge in [-0.15, -0.1) is 6.58 Å². The van der Waals surface area contributed by atoms with Crippen LogP contribution in [0.25, 0.3) is 10.9 Å². The van der Waals surface area contributed by atoms with Gasteiger partial charge < -0.3 is 34.5 Å². The fourth-order valence-corrected chi connectivity index (χ4v) is 6.25. The predicted molar refractivity (Wildman–Crippen MR) is 178 cm³/mol. The average molecular weight is 663 g/mol. The lowest BCUT2D eigenvalue weighted by atomic mass is 9.85. The summed E-state index contributed by atoms with van der Waals surface area (Å²) in [5.74, 6) is -0.0920. The quantitative estimate of drug-likeness (QED) is 0.187. The highest BCUT2D eigenvalue weighted by atomic mass is 16.6. The maximum absolute atomic E-state index is 14.4. The number of likely N-dealkylation sites (tertiary alicyclic amines) is 1. The predicted octanol–water partition coefficient (Wildman–Crippen LogP) is 4.77. The van der Waals surface area contributed by atoms with Gasteiger partial charge in [0.1, 0.15) is 35.2 Å². The number of ether oxygens (including phenoxy) is 4. The van der Waals surface area contributed by atoms with Crippen molar-refractivity contribution < 1.29 is 38.1 Å². The Bertz CT molecular complexity index is 1630. The summed E-state index contributed by atoms with van der Waals surface area (Å²) in [5.41, 5.74) is -0.377. The Morgan fingerprint density at radius 2 is 1.92 bits per heavy atom. The standard InChI is InChI=1S/C36H46N4O8/c1-9-22-18-36(22,33(43)46-10-2)39-31(41)28-16-24(19-40(28)32(42)30(35(5,6)7)38-34(44)47-20(3)4)48-29-17-26(21-11-12-21)37-27-15-23(45-8)13-14-25(27)29/h9,13-15,17,21-22,24,28,30H,1,3,10-12,16,18-19H2,2,4-8H3,(H,38,44)(H,39,41)/t22-,24-,28+,30-,36-/m1/s1. The van der Waals surface area contributed by atoms with Crippen LogP contribution in [0.1, 0.15) is 71.9 Å². The Morgan fingerprint density at radius 3 is 2.50 bits per heavy atom. The largest absolute Gasteiger partial charge is 0.497 e. The summed E-state index contributed by atoms with van der Waals surface area (Å²) in [7, 11) is 1.60. The van der Waals surface area contributed by atoms with Crippen LogP contribution in [0.3, 0.4) is 0 Å². The zero-order chi connectivity index (χ0) is 35.0. The summed E-state index contributed by atoms with van der Waals surface area (Å²) < 4.78 is 22.5. The van der Waals surface area contributed by atoms with Gasteiger partial charge in [0.15, 0.2) is 0 Å². The second kappa shape index (κ2) is 13.5. The number of nitrogens with zero attached hydrogens (tertiary/aromatic N) is 2. The Morgan fingerprint density at radius 1 is 1.19 bits per heavy atom. The second-order valence-corrected chi connectivity index (χ2v) is 13.9. The lowest BCUT2D eigenvalue weighted by molar-refractivity contribution is -0.150. The Hall–Kier alpha value is -4.61. The van der Waals surface area contributed by atoms with Crippen LogP contribution < -0.4 is 20.1 Å². The number of pyridine rings is 1. The van der Waals surface area contributed by atoms with E-state index in [1.165, 1.54) is 11.8 Å². The zero-order valence-electron chi connectivity index (χ0n) is 28.6. The number of carbonyl (C=O) groups is 4. The van der Waals surface area contributed by atoms with E-state index in [-0.39, 0.29) is 31.2 Å². The molecule has 0 spiro atoms.